The number of hydrogen-bond acceptors (Lipinski definition) is 2. The van der Waals surface area contributed by atoms with Gasteiger partial charge in [0.05, 0.1) is 0 Å². The zero-order valence-corrected chi connectivity index (χ0v) is 13.9. The molecular weight excluding hydrogens is 274 g/mol. The van der Waals surface area contributed by atoms with Gasteiger partial charge in [-0.2, -0.15) is 0 Å². The molecule has 0 aromatic heterocycles. The van der Waals surface area contributed by atoms with Crippen LogP contribution in [0, 0.1) is 12.8 Å². The number of aryl methyl sites for hydroxylation is 1. The summed E-state index contributed by atoms with van der Waals surface area (Å²) in [7, 11) is 0. The highest BCUT2D eigenvalue weighted by atomic mass is 16.2. The van der Waals surface area contributed by atoms with Crippen molar-refractivity contribution in [2.45, 2.75) is 39.7 Å². The molecule has 1 aliphatic heterocycles. The highest BCUT2D eigenvalue weighted by Gasteiger charge is 2.15. The SMILES string of the molecule is Cc1cccc(CNC(=O)NCCCN2CCCC(C)C2)c1. The summed E-state index contributed by atoms with van der Waals surface area (Å²) in [6, 6.07) is 8.13. The Morgan fingerprint density at radius 1 is 1.36 bits per heavy atom. The smallest absolute Gasteiger partial charge is 0.315 e. The highest BCUT2D eigenvalue weighted by Crippen LogP contribution is 2.15. The lowest BCUT2D eigenvalue weighted by Gasteiger charge is -2.30. The Kier molecular flexibility index (Phi) is 6.72. The fraction of sp³-hybridized carbons (Fsp3) is 0.611. The lowest BCUT2D eigenvalue weighted by atomic mass is 10.0. The van der Waals surface area contributed by atoms with E-state index in [0.29, 0.717) is 6.54 Å². The van der Waals surface area contributed by atoms with Crippen LogP contribution in [-0.2, 0) is 6.54 Å². The van der Waals surface area contributed by atoms with Crippen molar-refractivity contribution in [1.29, 1.82) is 0 Å². The summed E-state index contributed by atoms with van der Waals surface area (Å²) < 4.78 is 0. The maximum Gasteiger partial charge on any atom is 0.315 e. The summed E-state index contributed by atoms with van der Waals surface area (Å²) in [5, 5.41) is 5.85. The normalized spacial score (nSPS) is 18.9. The Bertz CT molecular complexity index is 475. The molecule has 0 bridgehead atoms. The molecular formula is C18H29N3O. The molecule has 1 heterocycles. The van der Waals surface area contributed by atoms with E-state index in [9.17, 15) is 4.79 Å². The van der Waals surface area contributed by atoms with E-state index in [4.69, 9.17) is 0 Å². The third kappa shape index (κ3) is 6.06. The monoisotopic (exact) mass is 303 g/mol. The number of nitrogens with zero attached hydrogens (tertiary/aromatic N) is 1. The van der Waals surface area contributed by atoms with Gasteiger partial charge in [0.15, 0.2) is 0 Å². The number of hydrogen-bond donors (Lipinski definition) is 2. The molecule has 4 nitrogen and oxygen atoms in total. The molecule has 4 heteroatoms. The van der Waals surface area contributed by atoms with Crippen LogP contribution in [0.15, 0.2) is 24.3 Å². The minimum Gasteiger partial charge on any atom is -0.338 e. The molecule has 1 saturated heterocycles. The molecule has 22 heavy (non-hydrogen) atoms. The predicted molar refractivity (Wildman–Crippen MR) is 90.9 cm³/mol. The number of carbonyl (C=O) groups is 1. The Morgan fingerprint density at radius 3 is 3.00 bits per heavy atom. The summed E-state index contributed by atoms with van der Waals surface area (Å²) in [6.45, 7) is 9.21. The fourth-order valence-electron chi connectivity index (χ4n) is 3.06. The average molecular weight is 303 g/mol. The van der Waals surface area contributed by atoms with Crippen LogP contribution in [0.5, 0.6) is 0 Å². The summed E-state index contributed by atoms with van der Waals surface area (Å²) in [5.41, 5.74) is 2.35. The molecule has 1 aliphatic rings. The van der Waals surface area contributed by atoms with E-state index in [1.54, 1.807) is 0 Å². The number of benzene rings is 1. The van der Waals surface area contributed by atoms with Gasteiger partial charge >= 0.3 is 6.03 Å². The molecule has 0 spiro atoms. The van der Waals surface area contributed by atoms with Crippen molar-refractivity contribution in [3.63, 3.8) is 0 Å². The van der Waals surface area contributed by atoms with Gasteiger partial charge in [0.25, 0.3) is 0 Å². The lowest BCUT2D eigenvalue weighted by Crippen LogP contribution is -2.38. The van der Waals surface area contributed by atoms with Crippen LogP contribution in [0.1, 0.15) is 37.3 Å². The first-order valence-corrected chi connectivity index (χ1v) is 8.43. The van der Waals surface area contributed by atoms with E-state index in [1.807, 2.05) is 12.1 Å². The van der Waals surface area contributed by atoms with Gasteiger partial charge < -0.3 is 15.5 Å². The van der Waals surface area contributed by atoms with Crippen molar-refractivity contribution in [2.24, 2.45) is 5.92 Å². The van der Waals surface area contributed by atoms with Gasteiger partial charge in [0.2, 0.25) is 0 Å². The van der Waals surface area contributed by atoms with Gasteiger partial charge in [0.1, 0.15) is 0 Å². The van der Waals surface area contributed by atoms with Crippen LogP contribution in [0.3, 0.4) is 0 Å². The first-order chi connectivity index (χ1) is 10.6. The second-order valence-corrected chi connectivity index (χ2v) is 6.50. The van der Waals surface area contributed by atoms with E-state index in [0.717, 1.165) is 31.0 Å². The van der Waals surface area contributed by atoms with Crippen molar-refractivity contribution in [3.8, 4) is 0 Å². The Hall–Kier alpha value is -1.55. The van der Waals surface area contributed by atoms with Gasteiger partial charge in [-0.1, -0.05) is 36.8 Å². The third-order valence-electron chi connectivity index (χ3n) is 4.21. The zero-order valence-electron chi connectivity index (χ0n) is 13.9. The maximum atomic E-state index is 11.8. The molecule has 0 radical (unpaired) electrons. The Labute approximate surface area is 134 Å². The summed E-state index contributed by atoms with van der Waals surface area (Å²) >= 11 is 0. The molecule has 1 fully saturated rings. The largest absolute Gasteiger partial charge is 0.338 e. The number of nitrogens with one attached hydrogen (secondary N) is 2. The van der Waals surface area contributed by atoms with Crippen molar-refractivity contribution < 1.29 is 4.79 Å². The van der Waals surface area contributed by atoms with Gasteiger partial charge in [-0.25, -0.2) is 4.79 Å². The number of likely N-dealkylation sites (tertiary alicyclic amines) is 1. The summed E-state index contributed by atoms with van der Waals surface area (Å²) in [4.78, 5) is 14.3. The van der Waals surface area contributed by atoms with Crippen molar-refractivity contribution in [1.82, 2.24) is 15.5 Å². The topological polar surface area (TPSA) is 44.4 Å². The second kappa shape index (κ2) is 8.79. The van der Waals surface area contributed by atoms with Crippen molar-refractivity contribution in [3.05, 3.63) is 35.4 Å². The van der Waals surface area contributed by atoms with Crippen LogP contribution < -0.4 is 10.6 Å². The Balaban J connectivity index is 1.56. The number of carbonyl (C=O) groups excluding carboxylic acids is 1. The predicted octanol–water partition coefficient (Wildman–Crippen LogP) is 2.92. The van der Waals surface area contributed by atoms with E-state index < -0.39 is 0 Å². The highest BCUT2D eigenvalue weighted by molar-refractivity contribution is 5.73. The fourth-order valence-corrected chi connectivity index (χ4v) is 3.06. The number of rotatable bonds is 6. The molecule has 0 saturated carbocycles. The number of amides is 2. The van der Waals surface area contributed by atoms with Crippen LogP contribution in [0.4, 0.5) is 4.79 Å². The van der Waals surface area contributed by atoms with Crippen LogP contribution in [0.2, 0.25) is 0 Å². The van der Waals surface area contributed by atoms with Gasteiger partial charge in [-0.05, 0) is 50.8 Å². The van der Waals surface area contributed by atoms with Crippen LogP contribution in [-0.4, -0.2) is 37.1 Å². The van der Waals surface area contributed by atoms with E-state index in [2.05, 4.69) is 41.5 Å². The zero-order chi connectivity index (χ0) is 15.8. The van der Waals surface area contributed by atoms with Crippen LogP contribution in [0.25, 0.3) is 0 Å². The molecule has 1 aromatic carbocycles. The van der Waals surface area contributed by atoms with E-state index in [-0.39, 0.29) is 6.03 Å². The molecule has 2 N–H and O–H groups in total. The first-order valence-electron chi connectivity index (χ1n) is 8.43. The summed E-state index contributed by atoms with van der Waals surface area (Å²) in [5.74, 6) is 0.819. The second-order valence-electron chi connectivity index (χ2n) is 6.50. The number of urea groups is 1. The molecule has 2 rings (SSSR count). The maximum absolute atomic E-state index is 11.8. The van der Waals surface area contributed by atoms with Gasteiger partial charge in [0, 0.05) is 19.6 Å². The van der Waals surface area contributed by atoms with Gasteiger partial charge in [-0.3, -0.25) is 0 Å². The molecule has 1 unspecified atom stereocenters. The van der Waals surface area contributed by atoms with Crippen molar-refractivity contribution in [2.75, 3.05) is 26.2 Å². The Morgan fingerprint density at radius 2 is 2.23 bits per heavy atom. The number of piperidine rings is 1. The standard InChI is InChI=1S/C18H29N3O/c1-15-6-3-8-17(12-15)13-20-18(22)19-9-5-11-21-10-4-7-16(2)14-21/h3,6,8,12,16H,4-5,7,9-11,13-14H2,1-2H3,(H2,19,20,22). The van der Waals surface area contributed by atoms with Crippen LogP contribution >= 0.6 is 0 Å². The quantitative estimate of drug-likeness (QED) is 0.794. The van der Waals surface area contributed by atoms with E-state index in [1.165, 1.54) is 31.5 Å². The summed E-state index contributed by atoms with van der Waals surface area (Å²) in [6.07, 6.45) is 3.69. The molecule has 122 valence electrons. The first kappa shape index (κ1) is 16.8. The molecule has 1 atom stereocenters. The third-order valence-corrected chi connectivity index (χ3v) is 4.21. The van der Waals surface area contributed by atoms with E-state index >= 15 is 0 Å². The minimum absolute atomic E-state index is 0.0754. The lowest BCUT2D eigenvalue weighted by molar-refractivity contribution is 0.181. The minimum atomic E-state index is -0.0754. The average Bonchev–Trinajstić information content (AvgIpc) is 2.50. The molecule has 1 aromatic rings. The molecule has 0 aliphatic carbocycles. The molecule has 2 amide bonds. The van der Waals surface area contributed by atoms with Crippen molar-refractivity contribution >= 4 is 6.03 Å². The van der Waals surface area contributed by atoms with Gasteiger partial charge in [-0.15, -0.1) is 0 Å².